The molecular formula is C24H30N4O4S. The lowest BCUT2D eigenvalue weighted by Crippen LogP contribution is -2.33. The molecule has 0 radical (unpaired) electrons. The maximum absolute atomic E-state index is 13.5. The summed E-state index contributed by atoms with van der Waals surface area (Å²) >= 11 is 0. The maximum atomic E-state index is 13.5. The van der Waals surface area contributed by atoms with E-state index in [1.807, 2.05) is 38.4 Å². The second kappa shape index (κ2) is 9.86. The molecule has 1 heterocycles. The third kappa shape index (κ3) is 6.28. The normalized spacial score (nSPS) is 12.7. The first-order valence-electron chi connectivity index (χ1n) is 10.5. The summed E-state index contributed by atoms with van der Waals surface area (Å²) in [6.45, 7) is 5.42. The van der Waals surface area contributed by atoms with E-state index in [1.54, 1.807) is 34.3 Å². The van der Waals surface area contributed by atoms with Crippen LogP contribution in [0.3, 0.4) is 0 Å². The molecule has 1 amide bonds. The van der Waals surface area contributed by atoms with Crippen molar-refractivity contribution in [2.24, 2.45) is 5.41 Å². The van der Waals surface area contributed by atoms with Gasteiger partial charge in [-0.25, -0.2) is 18.9 Å². The van der Waals surface area contributed by atoms with Crippen molar-refractivity contribution < 1.29 is 18.4 Å². The van der Waals surface area contributed by atoms with Gasteiger partial charge in [0.1, 0.15) is 0 Å². The van der Waals surface area contributed by atoms with Crippen LogP contribution < -0.4 is 5.48 Å². The zero-order valence-electron chi connectivity index (χ0n) is 19.3. The van der Waals surface area contributed by atoms with Gasteiger partial charge in [-0.3, -0.25) is 10.0 Å². The lowest BCUT2D eigenvalue weighted by molar-refractivity contribution is -0.124. The molecule has 3 rings (SSSR count). The van der Waals surface area contributed by atoms with Gasteiger partial charge < -0.3 is 9.47 Å². The first-order valence-corrected chi connectivity index (χ1v) is 12.2. The van der Waals surface area contributed by atoms with Crippen molar-refractivity contribution in [3.63, 3.8) is 0 Å². The summed E-state index contributed by atoms with van der Waals surface area (Å²) in [5, 5.41) is 8.70. The summed E-state index contributed by atoms with van der Waals surface area (Å²) in [5.74, 6) is -0.800. The number of carbonyl (C=O) groups is 1. The molecule has 0 atom stereocenters. The highest BCUT2D eigenvalue weighted by Gasteiger charge is 2.29. The fourth-order valence-electron chi connectivity index (χ4n) is 4.02. The Balaban J connectivity index is 2.10. The Morgan fingerprint density at radius 1 is 1.18 bits per heavy atom. The summed E-state index contributed by atoms with van der Waals surface area (Å²) in [7, 11) is 0.250. The van der Waals surface area contributed by atoms with Crippen LogP contribution in [0.4, 0.5) is 0 Å². The van der Waals surface area contributed by atoms with Crippen molar-refractivity contribution >= 4 is 32.9 Å². The number of sulfone groups is 1. The molecule has 2 N–H and O–H groups in total. The van der Waals surface area contributed by atoms with Gasteiger partial charge in [-0.2, -0.15) is 0 Å². The monoisotopic (exact) mass is 470 g/mol. The van der Waals surface area contributed by atoms with Gasteiger partial charge >= 0.3 is 0 Å². The highest BCUT2D eigenvalue weighted by atomic mass is 32.2. The number of benzene rings is 2. The minimum Gasteiger partial charge on any atom is -0.314 e. The Labute approximate surface area is 194 Å². The third-order valence-corrected chi connectivity index (χ3v) is 6.66. The number of rotatable bonds is 9. The smallest absolute Gasteiger partial charge is 0.267 e. The van der Waals surface area contributed by atoms with Crippen molar-refractivity contribution in [2.75, 3.05) is 20.6 Å². The average Bonchev–Trinajstić information content (AvgIpc) is 3.09. The molecule has 0 aliphatic heterocycles. The number of hydroxylamine groups is 1. The van der Waals surface area contributed by atoms with Crippen LogP contribution in [0.25, 0.3) is 17.1 Å². The molecule has 0 spiro atoms. The van der Waals surface area contributed by atoms with Crippen LogP contribution in [0.1, 0.15) is 25.0 Å². The number of amides is 1. The van der Waals surface area contributed by atoms with E-state index >= 15 is 0 Å². The summed E-state index contributed by atoms with van der Waals surface area (Å²) in [6.07, 6.45) is 2.71. The lowest BCUT2D eigenvalue weighted by Gasteiger charge is -2.29. The fraction of sp³-hybridized carbons (Fsp3) is 0.333. The van der Waals surface area contributed by atoms with Gasteiger partial charge in [0, 0.05) is 19.2 Å². The first kappa shape index (κ1) is 24.6. The molecule has 0 aliphatic carbocycles. The van der Waals surface area contributed by atoms with Gasteiger partial charge in [0.2, 0.25) is 15.0 Å². The summed E-state index contributed by atoms with van der Waals surface area (Å²) < 4.78 is 28.7. The van der Waals surface area contributed by atoms with Gasteiger partial charge in [0.05, 0.1) is 16.8 Å². The van der Waals surface area contributed by atoms with Crippen LogP contribution >= 0.6 is 0 Å². The molecule has 33 heavy (non-hydrogen) atoms. The van der Waals surface area contributed by atoms with Gasteiger partial charge in [-0.05, 0) is 48.8 Å². The molecule has 8 nitrogen and oxygen atoms in total. The molecule has 2 aromatic carbocycles. The van der Waals surface area contributed by atoms with Crippen molar-refractivity contribution in [1.29, 1.82) is 0 Å². The predicted octanol–water partition coefficient (Wildman–Crippen LogP) is 3.12. The number of aromatic nitrogens is 2. The van der Waals surface area contributed by atoms with Gasteiger partial charge in [-0.15, -0.1) is 0 Å². The number of imidazole rings is 1. The average molecular weight is 471 g/mol. The number of fused-ring (bicyclic) bond motifs is 1. The second-order valence-corrected chi connectivity index (χ2v) is 11.1. The van der Waals surface area contributed by atoms with E-state index in [0.717, 1.165) is 6.54 Å². The minimum atomic E-state index is -3.73. The summed E-state index contributed by atoms with van der Waals surface area (Å²) in [5.41, 5.74) is 3.91. The second-order valence-electron chi connectivity index (χ2n) is 9.18. The first-order chi connectivity index (χ1) is 15.5. The Hall–Kier alpha value is -3.01. The third-order valence-electron chi connectivity index (χ3n) is 5.08. The SMILES string of the molecule is CN(C)CC(C)(C)Cn1c(S(=O)(=O)Cc2ccccc2)nc2cc(/C=C/C(=O)NO)ccc21. The number of nitrogens with zero attached hydrogens (tertiary/aromatic N) is 3. The molecule has 0 bridgehead atoms. The number of hydrogen-bond acceptors (Lipinski definition) is 6. The Morgan fingerprint density at radius 2 is 1.88 bits per heavy atom. The molecule has 176 valence electrons. The molecule has 0 unspecified atom stereocenters. The van der Waals surface area contributed by atoms with E-state index in [9.17, 15) is 13.2 Å². The molecule has 0 fully saturated rings. The summed E-state index contributed by atoms with van der Waals surface area (Å²) in [6, 6.07) is 14.4. The quantitative estimate of drug-likeness (QED) is 0.283. The van der Waals surface area contributed by atoms with Crippen molar-refractivity contribution in [2.45, 2.75) is 31.3 Å². The van der Waals surface area contributed by atoms with Crippen molar-refractivity contribution in [3.05, 3.63) is 65.7 Å². The van der Waals surface area contributed by atoms with Gasteiger partial charge in [-0.1, -0.05) is 50.2 Å². The van der Waals surface area contributed by atoms with E-state index < -0.39 is 15.7 Å². The Kier molecular flexibility index (Phi) is 7.36. The van der Waals surface area contributed by atoms with Gasteiger partial charge in [0.15, 0.2) is 0 Å². The predicted molar refractivity (Wildman–Crippen MR) is 128 cm³/mol. The van der Waals surface area contributed by atoms with Gasteiger partial charge in [0.25, 0.3) is 5.91 Å². The molecule has 1 aromatic heterocycles. The number of carbonyl (C=O) groups excluding carboxylic acids is 1. The topological polar surface area (TPSA) is 105 Å². The fourth-order valence-corrected chi connectivity index (χ4v) is 5.52. The van der Waals surface area contributed by atoms with Crippen LogP contribution in [-0.2, 0) is 26.9 Å². The largest absolute Gasteiger partial charge is 0.314 e. The van der Waals surface area contributed by atoms with Crippen LogP contribution in [0, 0.1) is 5.41 Å². The van der Waals surface area contributed by atoms with Crippen molar-refractivity contribution in [3.8, 4) is 0 Å². The number of hydrogen-bond donors (Lipinski definition) is 2. The Morgan fingerprint density at radius 3 is 2.52 bits per heavy atom. The molecule has 0 saturated heterocycles. The Bertz CT molecular complexity index is 1260. The van der Waals surface area contributed by atoms with E-state index in [4.69, 9.17) is 5.21 Å². The van der Waals surface area contributed by atoms with Crippen molar-refractivity contribution in [1.82, 2.24) is 19.9 Å². The van der Waals surface area contributed by atoms with E-state index in [-0.39, 0.29) is 16.3 Å². The zero-order chi connectivity index (χ0) is 24.2. The molecule has 3 aromatic rings. The zero-order valence-corrected chi connectivity index (χ0v) is 20.1. The van der Waals surface area contributed by atoms with E-state index in [2.05, 4.69) is 23.7 Å². The lowest BCUT2D eigenvalue weighted by atomic mass is 9.93. The van der Waals surface area contributed by atoms with E-state index in [1.165, 1.54) is 12.2 Å². The summed E-state index contributed by atoms with van der Waals surface area (Å²) in [4.78, 5) is 17.9. The highest BCUT2D eigenvalue weighted by Crippen LogP contribution is 2.29. The highest BCUT2D eigenvalue weighted by molar-refractivity contribution is 7.90. The standard InChI is InChI=1S/C24H30N4O4S/c1-24(2,16-27(3)4)17-28-21-12-10-18(11-13-22(29)26-30)14-20(21)25-23(28)33(31,32)15-19-8-6-5-7-9-19/h5-14,30H,15-17H2,1-4H3,(H,26,29)/b13-11+. The van der Waals surface area contributed by atoms with E-state index in [0.29, 0.717) is 28.7 Å². The van der Waals surface area contributed by atoms with Crippen LogP contribution in [0.2, 0.25) is 0 Å². The molecule has 0 aliphatic rings. The number of nitrogens with one attached hydrogen (secondary N) is 1. The van der Waals surface area contributed by atoms with Crippen LogP contribution in [-0.4, -0.2) is 54.6 Å². The minimum absolute atomic E-state index is 0.0300. The molecule has 0 saturated carbocycles. The van der Waals surface area contributed by atoms with Crippen LogP contribution in [0.5, 0.6) is 0 Å². The van der Waals surface area contributed by atoms with Crippen LogP contribution in [0.15, 0.2) is 59.8 Å². The maximum Gasteiger partial charge on any atom is 0.267 e. The molecule has 9 heteroatoms. The molecular weight excluding hydrogens is 440 g/mol.